The predicted octanol–water partition coefficient (Wildman–Crippen LogP) is 1.93. The van der Waals surface area contributed by atoms with Gasteiger partial charge in [-0.1, -0.05) is 23.7 Å². The Hall–Kier alpha value is -1.55. The summed E-state index contributed by atoms with van der Waals surface area (Å²) in [5.41, 5.74) is -0.382. The molecule has 4 nitrogen and oxygen atoms in total. The maximum Gasteiger partial charge on any atom is 0.311 e. The van der Waals surface area contributed by atoms with Gasteiger partial charge in [-0.25, -0.2) is 0 Å². The molecule has 0 atom stereocenters. The fourth-order valence-electron chi connectivity index (χ4n) is 1.61. The molecule has 0 heterocycles. The van der Waals surface area contributed by atoms with Gasteiger partial charge in [0.05, 0.1) is 16.0 Å². The van der Waals surface area contributed by atoms with E-state index in [9.17, 15) is 9.59 Å². The van der Waals surface area contributed by atoms with Crippen LogP contribution in [-0.2, 0) is 4.79 Å². The van der Waals surface area contributed by atoms with Crippen LogP contribution in [0.4, 0.5) is 0 Å². The SMILES string of the molecule is O=C(NCC1(C(=O)O)CC1)c1ccccc1Cl. The molecule has 2 rings (SSSR count). The lowest BCUT2D eigenvalue weighted by Crippen LogP contribution is -2.34. The van der Waals surface area contributed by atoms with Crippen molar-refractivity contribution >= 4 is 23.5 Å². The Morgan fingerprint density at radius 1 is 1.35 bits per heavy atom. The fraction of sp³-hybridized carbons (Fsp3) is 0.333. The molecule has 90 valence electrons. The Labute approximate surface area is 104 Å². The van der Waals surface area contributed by atoms with Gasteiger partial charge in [0.2, 0.25) is 0 Å². The van der Waals surface area contributed by atoms with Gasteiger partial charge in [0.25, 0.3) is 5.91 Å². The smallest absolute Gasteiger partial charge is 0.311 e. The van der Waals surface area contributed by atoms with Crippen molar-refractivity contribution in [3.63, 3.8) is 0 Å². The van der Waals surface area contributed by atoms with Gasteiger partial charge in [-0.2, -0.15) is 0 Å². The third-order valence-corrected chi connectivity index (χ3v) is 3.34. The van der Waals surface area contributed by atoms with Crippen LogP contribution in [0.3, 0.4) is 0 Å². The maximum absolute atomic E-state index is 11.8. The zero-order valence-corrected chi connectivity index (χ0v) is 9.83. The van der Waals surface area contributed by atoms with Crippen molar-refractivity contribution in [3.8, 4) is 0 Å². The molecule has 1 aromatic carbocycles. The molecule has 0 radical (unpaired) electrons. The van der Waals surface area contributed by atoms with E-state index in [0.29, 0.717) is 23.4 Å². The van der Waals surface area contributed by atoms with Crippen LogP contribution in [0.2, 0.25) is 5.02 Å². The number of amides is 1. The summed E-state index contributed by atoms with van der Waals surface area (Å²) < 4.78 is 0. The van der Waals surface area contributed by atoms with Crippen molar-refractivity contribution in [2.45, 2.75) is 12.8 Å². The van der Waals surface area contributed by atoms with Gasteiger partial charge in [-0.15, -0.1) is 0 Å². The van der Waals surface area contributed by atoms with Crippen LogP contribution in [0.1, 0.15) is 23.2 Å². The molecule has 1 fully saturated rings. The van der Waals surface area contributed by atoms with Gasteiger partial charge >= 0.3 is 5.97 Å². The first-order chi connectivity index (χ1) is 8.05. The highest BCUT2D eigenvalue weighted by molar-refractivity contribution is 6.33. The molecule has 5 heteroatoms. The van der Waals surface area contributed by atoms with Crippen LogP contribution in [0.25, 0.3) is 0 Å². The summed E-state index contributed by atoms with van der Waals surface area (Å²) in [5.74, 6) is -1.18. The molecule has 1 aliphatic rings. The lowest BCUT2D eigenvalue weighted by atomic mass is 10.1. The second kappa shape index (κ2) is 4.37. The molecule has 17 heavy (non-hydrogen) atoms. The number of rotatable bonds is 4. The number of carboxylic acid groups (broad SMARTS) is 1. The molecule has 1 amide bonds. The molecular formula is C12H12ClNO3. The van der Waals surface area contributed by atoms with Crippen LogP contribution in [0.15, 0.2) is 24.3 Å². The number of nitrogens with one attached hydrogen (secondary N) is 1. The first-order valence-corrected chi connectivity index (χ1v) is 5.69. The van der Waals surface area contributed by atoms with Gasteiger partial charge in [0, 0.05) is 6.54 Å². The molecule has 0 unspecified atom stereocenters. The van der Waals surface area contributed by atoms with E-state index >= 15 is 0 Å². The van der Waals surface area contributed by atoms with Crippen LogP contribution in [0, 0.1) is 5.41 Å². The van der Waals surface area contributed by atoms with E-state index in [1.54, 1.807) is 24.3 Å². The Kier molecular flexibility index (Phi) is 3.07. The first-order valence-electron chi connectivity index (χ1n) is 5.31. The summed E-state index contributed by atoms with van der Waals surface area (Å²) in [4.78, 5) is 22.7. The zero-order chi connectivity index (χ0) is 12.5. The van der Waals surface area contributed by atoms with E-state index in [1.165, 1.54) is 0 Å². The third-order valence-electron chi connectivity index (χ3n) is 3.01. The minimum absolute atomic E-state index is 0.159. The molecule has 0 spiro atoms. The van der Waals surface area contributed by atoms with Crippen LogP contribution in [-0.4, -0.2) is 23.5 Å². The van der Waals surface area contributed by atoms with E-state index in [0.717, 1.165) is 0 Å². The fourth-order valence-corrected chi connectivity index (χ4v) is 1.83. The van der Waals surface area contributed by atoms with E-state index in [2.05, 4.69) is 5.32 Å². The quantitative estimate of drug-likeness (QED) is 0.862. The van der Waals surface area contributed by atoms with Crippen molar-refractivity contribution in [3.05, 3.63) is 34.9 Å². The standard InChI is InChI=1S/C12H12ClNO3/c13-9-4-2-1-3-8(9)10(15)14-7-12(5-6-12)11(16)17/h1-4H,5-7H2,(H,14,15)(H,16,17). The van der Waals surface area contributed by atoms with Gasteiger partial charge in [-0.05, 0) is 25.0 Å². The number of aliphatic carboxylic acids is 1. The van der Waals surface area contributed by atoms with E-state index < -0.39 is 11.4 Å². The van der Waals surface area contributed by atoms with Crippen molar-refractivity contribution in [2.24, 2.45) is 5.41 Å². The van der Waals surface area contributed by atoms with Gasteiger partial charge in [0.15, 0.2) is 0 Å². The molecule has 1 aliphatic carbocycles. The predicted molar refractivity (Wildman–Crippen MR) is 63.1 cm³/mol. The highest BCUT2D eigenvalue weighted by Gasteiger charge is 2.50. The normalized spacial score (nSPS) is 16.3. The lowest BCUT2D eigenvalue weighted by molar-refractivity contribution is -0.143. The topological polar surface area (TPSA) is 66.4 Å². The molecule has 0 saturated heterocycles. The highest BCUT2D eigenvalue weighted by Crippen LogP contribution is 2.45. The average Bonchev–Trinajstić information content (AvgIpc) is 3.07. The number of hydrogen-bond donors (Lipinski definition) is 2. The van der Waals surface area contributed by atoms with E-state index in [-0.39, 0.29) is 12.5 Å². The Morgan fingerprint density at radius 2 is 2.00 bits per heavy atom. The monoisotopic (exact) mass is 253 g/mol. The summed E-state index contributed by atoms with van der Waals surface area (Å²) in [5, 5.41) is 12.0. The molecular weight excluding hydrogens is 242 g/mol. The van der Waals surface area contributed by atoms with Crippen molar-refractivity contribution < 1.29 is 14.7 Å². The molecule has 1 aromatic rings. The number of carbonyl (C=O) groups excluding carboxylic acids is 1. The minimum Gasteiger partial charge on any atom is -0.481 e. The van der Waals surface area contributed by atoms with Crippen LogP contribution < -0.4 is 5.32 Å². The largest absolute Gasteiger partial charge is 0.481 e. The van der Waals surface area contributed by atoms with Crippen molar-refractivity contribution in [1.29, 1.82) is 0 Å². The molecule has 2 N–H and O–H groups in total. The second-order valence-electron chi connectivity index (χ2n) is 4.25. The Balaban J connectivity index is 1.99. The second-order valence-corrected chi connectivity index (χ2v) is 4.66. The summed E-state index contributed by atoms with van der Waals surface area (Å²) in [6.07, 6.45) is 1.23. The Morgan fingerprint density at radius 3 is 2.53 bits per heavy atom. The van der Waals surface area contributed by atoms with Crippen LogP contribution >= 0.6 is 11.6 Å². The van der Waals surface area contributed by atoms with Crippen molar-refractivity contribution in [1.82, 2.24) is 5.32 Å². The highest BCUT2D eigenvalue weighted by atomic mass is 35.5. The summed E-state index contributed by atoms with van der Waals surface area (Å²) >= 11 is 5.87. The average molecular weight is 254 g/mol. The van der Waals surface area contributed by atoms with Gasteiger partial charge in [0.1, 0.15) is 0 Å². The number of halogens is 1. The third kappa shape index (κ3) is 2.42. The molecule has 0 aliphatic heterocycles. The summed E-state index contributed by atoms with van der Waals surface area (Å²) in [6.45, 7) is 0.159. The molecule has 1 saturated carbocycles. The number of benzene rings is 1. The first kappa shape index (κ1) is 11.9. The van der Waals surface area contributed by atoms with E-state index in [4.69, 9.17) is 16.7 Å². The number of carboxylic acids is 1. The molecule has 0 aromatic heterocycles. The zero-order valence-electron chi connectivity index (χ0n) is 9.07. The maximum atomic E-state index is 11.8. The van der Waals surface area contributed by atoms with Crippen molar-refractivity contribution in [2.75, 3.05) is 6.54 Å². The van der Waals surface area contributed by atoms with E-state index in [1.807, 2.05) is 0 Å². The lowest BCUT2D eigenvalue weighted by Gasteiger charge is -2.11. The van der Waals surface area contributed by atoms with Gasteiger partial charge < -0.3 is 10.4 Å². The minimum atomic E-state index is -0.850. The van der Waals surface area contributed by atoms with Crippen LogP contribution in [0.5, 0.6) is 0 Å². The number of hydrogen-bond acceptors (Lipinski definition) is 2. The molecule has 0 bridgehead atoms. The summed E-state index contributed by atoms with van der Waals surface area (Å²) in [6, 6.07) is 6.68. The Bertz CT molecular complexity index is 469. The number of carbonyl (C=O) groups is 2. The summed E-state index contributed by atoms with van der Waals surface area (Å²) in [7, 11) is 0. The van der Waals surface area contributed by atoms with Gasteiger partial charge in [-0.3, -0.25) is 9.59 Å².